The molecule has 184 valence electrons. The van der Waals surface area contributed by atoms with Gasteiger partial charge in [0.2, 0.25) is 0 Å². The number of aliphatic hydroxyl groups excluding tert-OH is 1. The number of fused-ring (bicyclic) bond motifs is 1. The standard InChI is InChI=1S/C25H37N7OS/c1-7-10-18(15-31(9-3)25(4,5)17-33)11-22(34-6)30-23-24-26-14-21(19-12-27-28-13-19)32(24)16-20(8-2)29-23/h10-14,16,33H,7-9,15,17H2,1-6H3,(H,27,28)(H,29,30)/b18-10-,22-11-. The first kappa shape index (κ1) is 26.0. The van der Waals surface area contributed by atoms with Gasteiger partial charge in [-0.2, -0.15) is 5.10 Å². The number of thioether (sulfide) groups is 1. The molecule has 3 heterocycles. The fourth-order valence-electron chi connectivity index (χ4n) is 3.83. The summed E-state index contributed by atoms with van der Waals surface area (Å²) in [7, 11) is 0. The van der Waals surface area contributed by atoms with Crippen LogP contribution >= 0.6 is 11.8 Å². The van der Waals surface area contributed by atoms with Crippen LogP contribution in [0.15, 0.2) is 47.5 Å². The van der Waals surface area contributed by atoms with Crippen LogP contribution in [0.25, 0.3) is 16.9 Å². The summed E-state index contributed by atoms with van der Waals surface area (Å²) in [4.78, 5) is 11.8. The van der Waals surface area contributed by atoms with Crippen molar-refractivity contribution in [2.24, 2.45) is 0 Å². The summed E-state index contributed by atoms with van der Waals surface area (Å²) in [5, 5.41) is 21.3. The molecule has 0 amide bonds. The van der Waals surface area contributed by atoms with Crippen LogP contribution in [0.2, 0.25) is 0 Å². The number of allylic oxidation sites excluding steroid dienone is 1. The lowest BCUT2D eigenvalue weighted by molar-refractivity contribution is 0.0697. The predicted octanol–water partition coefficient (Wildman–Crippen LogP) is 4.73. The summed E-state index contributed by atoms with van der Waals surface area (Å²) in [6, 6.07) is 0. The van der Waals surface area contributed by atoms with Crippen LogP contribution in [0, 0.1) is 0 Å². The Balaban J connectivity index is 1.97. The Morgan fingerprint density at radius 1 is 1.29 bits per heavy atom. The molecule has 0 saturated carbocycles. The van der Waals surface area contributed by atoms with Gasteiger partial charge in [-0.25, -0.2) is 9.97 Å². The number of hydrogen-bond donors (Lipinski definition) is 3. The predicted molar refractivity (Wildman–Crippen MR) is 142 cm³/mol. The molecule has 0 aliphatic carbocycles. The molecule has 0 saturated heterocycles. The molecule has 0 fully saturated rings. The van der Waals surface area contributed by atoms with Crippen molar-refractivity contribution >= 4 is 23.2 Å². The van der Waals surface area contributed by atoms with Gasteiger partial charge >= 0.3 is 0 Å². The molecule has 3 rings (SSSR count). The number of nitrogens with zero attached hydrogens (tertiary/aromatic N) is 5. The van der Waals surface area contributed by atoms with Crippen molar-refractivity contribution in [1.29, 1.82) is 0 Å². The van der Waals surface area contributed by atoms with E-state index in [1.165, 1.54) is 5.57 Å². The molecule has 0 aromatic carbocycles. The van der Waals surface area contributed by atoms with E-state index in [4.69, 9.17) is 4.98 Å². The quantitative estimate of drug-likeness (QED) is 0.321. The van der Waals surface area contributed by atoms with Crippen LogP contribution in [0.4, 0.5) is 5.82 Å². The molecule has 3 N–H and O–H groups in total. The maximum atomic E-state index is 9.87. The topological polar surface area (TPSA) is 94.4 Å². The van der Waals surface area contributed by atoms with E-state index < -0.39 is 0 Å². The normalized spacial score (nSPS) is 13.3. The van der Waals surface area contributed by atoms with Gasteiger partial charge in [-0.05, 0) is 51.1 Å². The van der Waals surface area contributed by atoms with Crippen molar-refractivity contribution in [2.75, 3.05) is 31.3 Å². The van der Waals surface area contributed by atoms with Gasteiger partial charge in [0, 0.05) is 30.0 Å². The Labute approximate surface area is 206 Å². The van der Waals surface area contributed by atoms with Crippen molar-refractivity contribution < 1.29 is 5.11 Å². The van der Waals surface area contributed by atoms with E-state index in [-0.39, 0.29) is 12.1 Å². The lowest BCUT2D eigenvalue weighted by atomic mass is 10.0. The van der Waals surface area contributed by atoms with Crippen molar-refractivity contribution in [2.45, 2.75) is 53.0 Å². The van der Waals surface area contributed by atoms with Gasteiger partial charge in [-0.15, -0.1) is 11.8 Å². The van der Waals surface area contributed by atoms with E-state index in [1.54, 1.807) is 18.0 Å². The van der Waals surface area contributed by atoms with E-state index in [1.807, 2.05) is 18.6 Å². The van der Waals surface area contributed by atoms with Crippen molar-refractivity contribution in [3.8, 4) is 11.3 Å². The Morgan fingerprint density at radius 2 is 2.09 bits per heavy atom. The van der Waals surface area contributed by atoms with Gasteiger partial charge in [-0.3, -0.25) is 14.4 Å². The lowest BCUT2D eigenvalue weighted by Gasteiger charge is -2.36. The third-order valence-corrected chi connectivity index (χ3v) is 6.60. The number of aryl methyl sites for hydroxylation is 1. The smallest absolute Gasteiger partial charge is 0.180 e. The number of likely N-dealkylation sites (N-methyl/N-ethyl adjacent to an activating group) is 1. The molecule has 0 atom stereocenters. The minimum absolute atomic E-state index is 0.113. The fourth-order valence-corrected chi connectivity index (χ4v) is 4.30. The Hall–Kier alpha value is -2.62. The second kappa shape index (κ2) is 11.7. The van der Waals surface area contributed by atoms with Crippen molar-refractivity contribution in [1.82, 2.24) is 29.5 Å². The highest BCUT2D eigenvalue weighted by atomic mass is 32.2. The molecule has 0 aliphatic rings. The number of anilines is 1. The Morgan fingerprint density at radius 3 is 2.68 bits per heavy atom. The number of imidazole rings is 1. The molecule has 0 unspecified atom stereocenters. The van der Waals surface area contributed by atoms with Gasteiger partial charge in [0.15, 0.2) is 11.5 Å². The van der Waals surface area contributed by atoms with Crippen LogP contribution in [-0.4, -0.2) is 66.1 Å². The SMILES string of the molecule is CC/C=C(/C=C(/Nc1nc(CC)cn2c(-c3cn[nH]c3)cnc12)SC)CN(CC)C(C)(C)CO. The number of aliphatic hydroxyl groups is 1. The minimum Gasteiger partial charge on any atom is -0.394 e. The molecule has 8 nitrogen and oxygen atoms in total. The van der Waals surface area contributed by atoms with Gasteiger partial charge in [0.1, 0.15) is 0 Å². The monoisotopic (exact) mass is 483 g/mol. The average molecular weight is 484 g/mol. The maximum absolute atomic E-state index is 9.87. The maximum Gasteiger partial charge on any atom is 0.180 e. The van der Waals surface area contributed by atoms with Crippen LogP contribution in [-0.2, 0) is 6.42 Å². The number of aromatic nitrogens is 5. The Kier molecular flexibility index (Phi) is 8.93. The highest BCUT2D eigenvalue weighted by Gasteiger charge is 2.25. The van der Waals surface area contributed by atoms with Gasteiger partial charge in [0.05, 0.1) is 35.4 Å². The fraction of sp³-hybridized carbons (Fsp3) is 0.480. The third-order valence-electron chi connectivity index (χ3n) is 5.94. The molecule has 0 spiro atoms. The summed E-state index contributed by atoms with van der Waals surface area (Å²) < 4.78 is 2.07. The number of nitrogens with one attached hydrogen (secondary N) is 2. The van der Waals surface area contributed by atoms with Gasteiger partial charge < -0.3 is 10.4 Å². The van der Waals surface area contributed by atoms with Gasteiger partial charge in [0.25, 0.3) is 0 Å². The molecule has 9 heteroatoms. The zero-order chi connectivity index (χ0) is 24.7. The molecule has 0 radical (unpaired) electrons. The molecule has 34 heavy (non-hydrogen) atoms. The minimum atomic E-state index is -0.287. The van der Waals surface area contributed by atoms with Crippen LogP contribution in [0.5, 0.6) is 0 Å². The Bertz CT molecular complexity index is 1130. The van der Waals surface area contributed by atoms with Crippen molar-refractivity contribution in [3.63, 3.8) is 0 Å². The van der Waals surface area contributed by atoms with E-state index in [9.17, 15) is 5.11 Å². The second-order valence-corrected chi connectivity index (χ2v) is 9.62. The highest BCUT2D eigenvalue weighted by molar-refractivity contribution is 8.02. The summed E-state index contributed by atoms with van der Waals surface area (Å²) in [5.41, 5.74) is 4.61. The van der Waals surface area contributed by atoms with Gasteiger partial charge in [-0.1, -0.05) is 26.8 Å². The number of H-pyrrole nitrogens is 1. The summed E-state index contributed by atoms with van der Waals surface area (Å²) in [5.74, 6) is 0.730. The molecule has 0 aliphatic heterocycles. The zero-order valence-corrected chi connectivity index (χ0v) is 21.9. The number of hydrogen-bond acceptors (Lipinski definition) is 7. The first-order valence-electron chi connectivity index (χ1n) is 11.8. The average Bonchev–Trinajstić information content (AvgIpc) is 3.51. The molecule has 3 aromatic rings. The third kappa shape index (κ3) is 5.89. The summed E-state index contributed by atoms with van der Waals surface area (Å²) in [6.45, 7) is 12.3. The van der Waals surface area contributed by atoms with E-state index in [0.717, 1.165) is 59.4 Å². The van der Waals surface area contributed by atoms with Crippen LogP contribution in [0.1, 0.15) is 46.7 Å². The molecule has 3 aromatic heterocycles. The van der Waals surface area contributed by atoms with E-state index in [2.05, 4.69) is 82.8 Å². The van der Waals surface area contributed by atoms with Crippen LogP contribution < -0.4 is 5.32 Å². The molecular formula is C25H37N7OS. The largest absolute Gasteiger partial charge is 0.394 e. The lowest BCUT2D eigenvalue weighted by Crippen LogP contribution is -2.47. The van der Waals surface area contributed by atoms with Crippen molar-refractivity contribution in [3.05, 3.63) is 53.2 Å². The van der Waals surface area contributed by atoms with Crippen LogP contribution in [0.3, 0.4) is 0 Å². The molecular weight excluding hydrogens is 446 g/mol. The summed E-state index contributed by atoms with van der Waals surface area (Å²) in [6.07, 6.45) is 15.8. The summed E-state index contributed by atoms with van der Waals surface area (Å²) >= 11 is 1.64. The second-order valence-electron chi connectivity index (χ2n) is 8.77. The first-order chi connectivity index (χ1) is 16.4. The number of rotatable bonds is 12. The highest BCUT2D eigenvalue weighted by Crippen LogP contribution is 2.27. The number of aromatic amines is 1. The first-order valence-corrected chi connectivity index (χ1v) is 13.0. The van der Waals surface area contributed by atoms with E-state index >= 15 is 0 Å². The molecule has 0 bridgehead atoms. The zero-order valence-electron chi connectivity index (χ0n) is 21.1. The van der Waals surface area contributed by atoms with E-state index in [0.29, 0.717) is 0 Å².